The molecule has 19 heavy (non-hydrogen) atoms. The van der Waals surface area contributed by atoms with Crippen LogP contribution in [0.25, 0.3) is 0 Å². The molecule has 0 spiro atoms. The molecule has 2 N–H and O–H groups in total. The minimum atomic E-state index is -0.908. The number of carboxylic acid groups (broad SMARTS) is 1. The molecule has 0 atom stereocenters. The van der Waals surface area contributed by atoms with Crippen LogP contribution in [-0.4, -0.2) is 23.2 Å². The highest BCUT2D eigenvalue weighted by Gasteiger charge is 2.30. The molecule has 106 valence electrons. The molecule has 0 amide bonds. The highest BCUT2D eigenvalue weighted by atomic mass is 16.4. The van der Waals surface area contributed by atoms with E-state index in [1.165, 1.54) is 16.7 Å². The monoisotopic (exact) mass is 263 g/mol. The van der Waals surface area contributed by atoms with Gasteiger partial charge in [0.25, 0.3) is 0 Å². The quantitative estimate of drug-likeness (QED) is 0.858. The van der Waals surface area contributed by atoms with Gasteiger partial charge in [0, 0.05) is 12.0 Å². The van der Waals surface area contributed by atoms with Gasteiger partial charge in [0.2, 0.25) is 0 Å². The van der Waals surface area contributed by atoms with Crippen molar-refractivity contribution in [3.8, 4) is 0 Å². The van der Waals surface area contributed by atoms with E-state index >= 15 is 0 Å². The summed E-state index contributed by atoms with van der Waals surface area (Å²) in [6.45, 7) is 12.4. The number of nitrogens with one attached hydrogen (secondary N) is 1. The standard InChI is InChI=1S/C16H25NO2/c1-11-7-8-12(2)13(9-11)15(3,4)10-17-16(5,6)14(18)19/h7-9,17H,10H2,1-6H3,(H,18,19). The first-order valence-electron chi connectivity index (χ1n) is 6.62. The van der Waals surface area contributed by atoms with E-state index in [2.05, 4.69) is 51.2 Å². The van der Waals surface area contributed by atoms with E-state index < -0.39 is 11.5 Å². The van der Waals surface area contributed by atoms with Crippen LogP contribution in [0.15, 0.2) is 18.2 Å². The molecule has 3 heteroatoms. The van der Waals surface area contributed by atoms with Crippen molar-refractivity contribution in [3.05, 3.63) is 34.9 Å². The average Bonchev–Trinajstić information content (AvgIpc) is 2.30. The van der Waals surface area contributed by atoms with Gasteiger partial charge < -0.3 is 10.4 Å². The molecular weight excluding hydrogens is 238 g/mol. The van der Waals surface area contributed by atoms with Gasteiger partial charge in [-0.05, 0) is 38.8 Å². The Kier molecular flexibility index (Phi) is 4.41. The normalized spacial score (nSPS) is 12.5. The molecule has 1 aromatic rings. The van der Waals surface area contributed by atoms with Crippen LogP contribution >= 0.6 is 0 Å². The molecule has 0 heterocycles. The predicted molar refractivity (Wildman–Crippen MR) is 78.7 cm³/mol. The topological polar surface area (TPSA) is 49.3 Å². The van der Waals surface area contributed by atoms with Gasteiger partial charge in [-0.15, -0.1) is 0 Å². The third-order valence-electron chi connectivity index (χ3n) is 3.63. The van der Waals surface area contributed by atoms with Crippen LogP contribution in [0.2, 0.25) is 0 Å². The Hall–Kier alpha value is -1.35. The number of carboxylic acids is 1. The first-order chi connectivity index (χ1) is 8.56. The summed E-state index contributed by atoms with van der Waals surface area (Å²) in [6.07, 6.45) is 0. The van der Waals surface area contributed by atoms with Crippen LogP contribution in [0.5, 0.6) is 0 Å². The molecule has 0 aliphatic carbocycles. The first kappa shape index (κ1) is 15.7. The Morgan fingerprint density at radius 2 is 1.79 bits per heavy atom. The lowest BCUT2D eigenvalue weighted by molar-refractivity contribution is -0.143. The lowest BCUT2D eigenvalue weighted by atomic mass is 9.80. The van der Waals surface area contributed by atoms with Crippen LogP contribution in [0.1, 0.15) is 44.4 Å². The minimum absolute atomic E-state index is 0.108. The molecule has 1 aromatic carbocycles. The van der Waals surface area contributed by atoms with E-state index in [9.17, 15) is 4.79 Å². The highest BCUT2D eigenvalue weighted by molar-refractivity contribution is 5.77. The Labute approximate surface area is 116 Å². The fourth-order valence-corrected chi connectivity index (χ4v) is 2.08. The summed E-state index contributed by atoms with van der Waals surface area (Å²) < 4.78 is 0. The predicted octanol–water partition coefficient (Wildman–Crippen LogP) is 3.03. The smallest absolute Gasteiger partial charge is 0.323 e. The molecule has 0 saturated heterocycles. The number of hydrogen-bond acceptors (Lipinski definition) is 2. The van der Waals surface area contributed by atoms with Crippen molar-refractivity contribution in [2.24, 2.45) is 0 Å². The number of aryl methyl sites for hydroxylation is 2. The molecule has 3 nitrogen and oxygen atoms in total. The van der Waals surface area contributed by atoms with Crippen molar-refractivity contribution in [2.45, 2.75) is 52.5 Å². The molecule has 0 aromatic heterocycles. The SMILES string of the molecule is Cc1ccc(C)c(C(C)(C)CNC(C)(C)C(=O)O)c1. The van der Waals surface area contributed by atoms with E-state index in [0.717, 1.165) is 0 Å². The Balaban J connectivity index is 2.92. The van der Waals surface area contributed by atoms with Gasteiger partial charge >= 0.3 is 5.97 Å². The lowest BCUT2D eigenvalue weighted by Crippen LogP contribution is -2.51. The Morgan fingerprint density at radius 3 is 2.32 bits per heavy atom. The van der Waals surface area contributed by atoms with Gasteiger partial charge in [0.15, 0.2) is 0 Å². The first-order valence-corrected chi connectivity index (χ1v) is 6.62. The zero-order valence-electron chi connectivity index (χ0n) is 12.8. The molecular formula is C16H25NO2. The third-order valence-corrected chi connectivity index (χ3v) is 3.63. The second kappa shape index (κ2) is 5.33. The summed E-state index contributed by atoms with van der Waals surface area (Å²) in [5.41, 5.74) is 2.72. The number of benzene rings is 1. The van der Waals surface area contributed by atoms with Crippen LogP contribution in [0.4, 0.5) is 0 Å². The zero-order valence-corrected chi connectivity index (χ0v) is 12.8. The minimum Gasteiger partial charge on any atom is -0.480 e. The van der Waals surface area contributed by atoms with Crippen molar-refractivity contribution in [1.82, 2.24) is 5.32 Å². The van der Waals surface area contributed by atoms with Crippen molar-refractivity contribution in [2.75, 3.05) is 6.54 Å². The van der Waals surface area contributed by atoms with E-state index in [-0.39, 0.29) is 5.41 Å². The van der Waals surface area contributed by atoms with Crippen LogP contribution in [-0.2, 0) is 10.2 Å². The summed E-state index contributed by atoms with van der Waals surface area (Å²) in [7, 11) is 0. The largest absolute Gasteiger partial charge is 0.480 e. The summed E-state index contributed by atoms with van der Waals surface area (Å²) in [5.74, 6) is -0.829. The third kappa shape index (κ3) is 3.80. The summed E-state index contributed by atoms with van der Waals surface area (Å²) in [5, 5.41) is 12.3. The molecule has 1 rings (SSSR count). The summed E-state index contributed by atoms with van der Waals surface area (Å²) in [6, 6.07) is 6.41. The van der Waals surface area contributed by atoms with Crippen molar-refractivity contribution < 1.29 is 9.90 Å². The maximum Gasteiger partial charge on any atom is 0.323 e. The van der Waals surface area contributed by atoms with Crippen molar-refractivity contribution >= 4 is 5.97 Å². The molecule has 0 aliphatic heterocycles. The number of carbonyl (C=O) groups is 1. The molecule has 0 unspecified atom stereocenters. The van der Waals surface area contributed by atoms with Crippen molar-refractivity contribution in [1.29, 1.82) is 0 Å². The van der Waals surface area contributed by atoms with E-state index in [1.807, 2.05) is 0 Å². The Morgan fingerprint density at radius 1 is 1.21 bits per heavy atom. The second-order valence-corrected chi connectivity index (χ2v) is 6.49. The van der Waals surface area contributed by atoms with Gasteiger partial charge in [-0.25, -0.2) is 0 Å². The Bertz CT molecular complexity index is 476. The van der Waals surface area contributed by atoms with Gasteiger partial charge in [-0.2, -0.15) is 0 Å². The molecule has 0 saturated carbocycles. The second-order valence-electron chi connectivity index (χ2n) is 6.49. The zero-order chi connectivity index (χ0) is 14.8. The highest BCUT2D eigenvalue weighted by Crippen LogP contribution is 2.27. The van der Waals surface area contributed by atoms with E-state index in [4.69, 9.17) is 5.11 Å². The van der Waals surface area contributed by atoms with Crippen LogP contribution < -0.4 is 5.32 Å². The fourth-order valence-electron chi connectivity index (χ4n) is 2.08. The number of aliphatic carboxylic acids is 1. The molecule has 0 bridgehead atoms. The van der Waals surface area contributed by atoms with Gasteiger partial charge in [-0.3, -0.25) is 4.79 Å². The molecule has 0 radical (unpaired) electrons. The van der Waals surface area contributed by atoms with Crippen LogP contribution in [0, 0.1) is 13.8 Å². The van der Waals surface area contributed by atoms with Crippen LogP contribution in [0.3, 0.4) is 0 Å². The molecule has 0 aliphatic rings. The lowest BCUT2D eigenvalue weighted by Gasteiger charge is -2.32. The fraction of sp³-hybridized carbons (Fsp3) is 0.562. The molecule has 0 fully saturated rings. The summed E-state index contributed by atoms with van der Waals surface area (Å²) >= 11 is 0. The van der Waals surface area contributed by atoms with Gasteiger partial charge in [-0.1, -0.05) is 37.6 Å². The average molecular weight is 263 g/mol. The number of rotatable bonds is 5. The maximum atomic E-state index is 11.1. The van der Waals surface area contributed by atoms with E-state index in [1.54, 1.807) is 13.8 Å². The van der Waals surface area contributed by atoms with Gasteiger partial charge in [0.1, 0.15) is 5.54 Å². The summed E-state index contributed by atoms with van der Waals surface area (Å²) in [4.78, 5) is 11.1. The maximum absolute atomic E-state index is 11.1. The van der Waals surface area contributed by atoms with E-state index in [0.29, 0.717) is 6.54 Å². The number of hydrogen-bond donors (Lipinski definition) is 2. The van der Waals surface area contributed by atoms with Crippen molar-refractivity contribution in [3.63, 3.8) is 0 Å². The van der Waals surface area contributed by atoms with Gasteiger partial charge in [0.05, 0.1) is 0 Å².